The van der Waals surface area contributed by atoms with Crippen molar-refractivity contribution in [2.24, 2.45) is 0 Å². The fourth-order valence-electron chi connectivity index (χ4n) is 13.1. The van der Waals surface area contributed by atoms with Crippen molar-refractivity contribution in [3.8, 4) is 38.4 Å². The number of hydrogen-bond donors (Lipinski definition) is 9. The van der Waals surface area contributed by atoms with E-state index >= 15 is 19.2 Å². The van der Waals surface area contributed by atoms with Crippen molar-refractivity contribution in [3.63, 3.8) is 0 Å². The summed E-state index contributed by atoms with van der Waals surface area (Å²) in [4.78, 5) is 138. The number of allylic oxidation sites excluding steroid dienone is 1. The molecule has 544 valence electrons. The van der Waals surface area contributed by atoms with Crippen LogP contribution in [0.15, 0.2) is 56.9 Å². The number of aromatic nitrogens is 7. The molecule has 10 unspecified atom stereocenters. The molecule has 7 aromatic heterocycles. The number of piperazine rings is 1. The Morgan fingerprint density at radius 2 is 1.51 bits per heavy atom. The van der Waals surface area contributed by atoms with Crippen LogP contribution in [0.25, 0.3) is 49.3 Å². The van der Waals surface area contributed by atoms with Gasteiger partial charge in [-0.3, -0.25) is 24.0 Å². The van der Waals surface area contributed by atoms with Crippen LogP contribution in [0.3, 0.4) is 0 Å². The lowest BCUT2D eigenvalue weighted by atomic mass is 9.85. The third kappa shape index (κ3) is 15.0. The lowest BCUT2D eigenvalue weighted by Gasteiger charge is -2.48. The second kappa shape index (κ2) is 30.1. The number of likely N-dealkylation sites (N-methyl/N-ethyl adjacent to an activating group) is 2. The van der Waals surface area contributed by atoms with E-state index in [0.29, 0.717) is 23.3 Å². The highest BCUT2D eigenvalue weighted by Gasteiger charge is 2.50. The van der Waals surface area contributed by atoms with Gasteiger partial charge in [0.25, 0.3) is 23.6 Å². The van der Waals surface area contributed by atoms with Gasteiger partial charge in [-0.15, -0.1) is 56.7 Å². The number of benzene rings is 1. The normalized spacial score (nSPS) is 24.8. The van der Waals surface area contributed by atoms with Gasteiger partial charge in [-0.05, 0) is 79.5 Å². The number of aromatic hydroxyl groups is 1. The molecule has 5 amide bonds. The molecule has 0 radical (unpaired) electrons. The highest BCUT2D eigenvalue weighted by molar-refractivity contribution is 7.14. The van der Waals surface area contributed by atoms with Gasteiger partial charge in [0.1, 0.15) is 120 Å². The molecule has 5 aliphatic rings. The number of aliphatic hydroxyl groups is 2. The molecule has 10 atom stereocenters. The van der Waals surface area contributed by atoms with E-state index in [1.807, 2.05) is 0 Å². The van der Waals surface area contributed by atoms with Crippen molar-refractivity contribution in [1.82, 2.24) is 75.9 Å². The van der Waals surface area contributed by atoms with Gasteiger partial charge in [0.2, 0.25) is 5.91 Å². The SMILES string of the molecule is CO/C(C)=C1/NC(=O)C(C(C)O)NC(=O)c2csc(n2)-c2cc(O)c(-c3nc(C(=O)NCCCN4CCN(C)CC4)cs3)nc2-c2csc(n2)C2COC(=O)c3c4c5c(cccc5n3O)COC(=O)C(OC3CC(C)(O)C(N(C)C)C(C)O3)C(OC4)C(NC(=O)c3csc1n3)c1nc(cs1)C(=O)N2. The van der Waals surface area contributed by atoms with Crippen LogP contribution in [0.5, 0.6) is 5.75 Å². The molecule has 0 saturated carbocycles. The summed E-state index contributed by atoms with van der Waals surface area (Å²) in [5.41, 5.74) is -2.04. The first-order chi connectivity index (χ1) is 49.3. The van der Waals surface area contributed by atoms with Crippen LogP contribution in [0.2, 0.25) is 0 Å². The Bertz CT molecular complexity index is 4630. The van der Waals surface area contributed by atoms with Crippen molar-refractivity contribution in [2.75, 3.05) is 74.1 Å². The van der Waals surface area contributed by atoms with E-state index in [4.69, 9.17) is 43.4 Å². The molecule has 5 aliphatic heterocycles. The number of fused-ring (bicyclic) bond motifs is 15. The molecule has 13 rings (SSSR count). The molecular weight excluding hydrogens is 1440 g/mol. The van der Waals surface area contributed by atoms with E-state index in [-0.39, 0.29) is 105 Å². The van der Waals surface area contributed by atoms with Crippen LogP contribution >= 0.6 is 56.7 Å². The van der Waals surface area contributed by atoms with Crippen LogP contribution in [-0.2, 0) is 51.2 Å². The summed E-state index contributed by atoms with van der Waals surface area (Å²) in [7, 11) is 6.96. The van der Waals surface area contributed by atoms with Crippen LogP contribution in [0.1, 0.15) is 131 Å². The van der Waals surface area contributed by atoms with E-state index in [2.05, 4.69) is 58.4 Å². The van der Waals surface area contributed by atoms with Crippen LogP contribution in [0.4, 0.5) is 0 Å². The van der Waals surface area contributed by atoms with E-state index in [9.17, 15) is 34.9 Å². The molecule has 9 N–H and O–H groups in total. The monoisotopic (exact) mass is 1510 g/mol. The largest absolute Gasteiger partial charge is 0.506 e. The first-order valence-electron chi connectivity index (χ1n) is 32.7. The van der Waals surface area contributed by atoms with Crippen molar-refractivity contribution < 1.29 is 82.5 Å². The number of thiazole rings is 5. The Labute approximate surface area is 608 Å². The van der Waals surface area contributed by atoms with Gasteiger partial charge >= 0.3 is 11.9 Å². The number of carbonyl (C=O) groups is 7. The molecule has 37 heteroatoms. The lowest BCUT2D eigenvalue weighted by Crippen LogP contribution is -2.62. The Balaban J connectivity index is 0.945. The zero-order valence-electron chi connectivity index (χ0n) is 56.8. The van der Waals surface area contributed by atoms with Crippen molar-refractivity contribution in [3.05, 3.63) is 112 Å². The molecule has 32 nitrogen and oxygen atoms in total. The fourth-order valence-corrected chi connectivity index (χ4v) is 17.3. The van der Waals surface area contributed by atoms with Crippen molar-refractivity contribution in [2.45, 2.75) is 114 Å². The summed E-state index contributed by atoms with van der Waals surface area (Å²) >= 11 is 4.76. The number of ether oxygens (including phenoxy) is 6. The Kier molecular flexibility index (Phi) is 21.2. The first kappa shape index (κ1) is 72.5. The quantitative estimate of drug-likeness (QED) is 0.0372. The Morgan fingerprint density at radius 1 is 0.835 bits per heavy atom. The third-order valence-electron chi connectivity index (χ3n) is 18.3. The maximum absolute atomic E-state index is 15.2. The minimum absolute atomic E-state index is 0.000148. The minimum Gasteiger partial charge on any atom is -0.506 e. The lowest BCUT2D eigenvalue weighted by molar-refractivity contribution is -0.280. The molecule has 1 aromatic carbocycles. The highest BCUT2D eigenvalue weighted by atomic mass is 32.1. The van der Waals surface area contributed by atoms with E-state index < -0.39 is 133 Å². The number of carbonyl (C=O) groups excluding carboxylic acids is 7. The molecule has 8 aromatic rings. The number of hydrogen-bond acceptors (Lipinski definition) is 31. The average Bonchev–Trinajstić information content (AvgIpc) is 1.64. The number of amides is 5. The predicted molar refractivity (Wildman–Crippen MR) is 375 cm³/mol. The first-order valence-corrected chi connectivity index (χ1v) is 37.1. The second-order valence-corrected chi connectivity index (χ2v) is 30.1. The average molecular weight is 1510 g/mol. The van der Waals surface area contributed by atoms with Crippen LogP contribution in [-0.4, -0.2) is 234 Å². The molecule has 0 aliphatic carbocycles. The van der Waals surface area contributed by atoms with Crippen LogP contribution in [0, 0.1) is 0 Å². The van der Waals surface area contributed by atoms with E-state index in [1.165, 1.54) is 54.6 Å². The van der Waals surface area contributed by atoms with E-state index in [1.54, 1.807) is 50.4 Å². The number of pyridine rings is 1. The Hall–Kier alpha value is -8.83. The van der Waals surface area contributed by atoms with Gasteiger partial charge in [-0.2, -0.15) is 4.73 Å². The number of rotatable bonds is 11. The molecular formula is C66H73N15O17S5. The topological polar surface area (TPSA) is 408 Å². The maximum Gasteiger partial charge on any atom is 0.358 e. The van der Waals surface area contributed by atoms with Gasteiger partial charge in [-0.1, -0.05) is 12.1 Å². The Morgan fingerprint density at radius 3 is 2.25 bits per heavy atom. The number of aliphatic hydroxyl groups excluding tert-OH is 1. The summed E-state index contributed by atoms with van der Waals surface area (Å²) in [6.45, 7) is 9.35. The molecule has 2 saturated heterocycles. The number of esters is 2. The van der Waals surface area contributed by atoms with Gasteiger partial charge in [-0.25, -0.2) is 39.5 Å². The summed E-state index contributed by atoms with van der Waals surface area (Å²) in [5.74, 6) is -6.58. The predicted octanol–water partition coefficient (Wildman–Crippen LogP) is 4.53. The summed E-state index contributed by atoms with van der Waals surface area (Å²) in [6.07, 6.45) is -6.76. The van der Waals surface area contributed by atoms with Gasteiger partial charge in [0, 0.05) is 82.6 Å². The maximum atomic E-state index is 15.2. The molecule has 12 heterocycles. The third-order valence-corrected chi connectivity index (χ3v) is 22.8. The standard InChI is InChI=1S/C66H73N15O17S5/c1-29(82)45-58(88)76-46(30(2)93-8)61-72-40(28-101-61)57(87)77-49-51-52(98-43-20-66(4,91)53(78(5)6)31(3)97-43)65(90)95-21-32-11-9-12-41-44(32)34(22-94-51)50(81(41)92)64(89)96-23-35(68-55(85)38-27-103-63(49)73-38)60-69-36(24-100-60)47-33(59-70-39(26-99-59)56(86)75-45)19-42(83)48(74-47)62-71-37(25-102-62)54(84)67-13-10-14-80-17-15-79(7)16-18-80/h9,11-12,19,24-29,31,35,43,45,49,51-53,82-83,91-92H,10,13-18,20-23H2,1-8H3,(H,67,84)(H,68,85)(H,75,86)(H,76,88)(H,77,87)/b46-30+. The van der Waals surface area contributed by atoms with Gasteiger partial charge < -0.3 is 90.2 Å². The van der Waals surface area contributed by atoms with Gasteiger partial charge in [0.05, 0.1) is 43.1 Å². The molecule has 103 heavy (non-hydrogen) atoms. The van der Waals surface area contributed by atoms with Crippen LogP contribution < -0.4 is 26.6 Å². The highest BCUT2D eigenvalue weighted by Crippen LogP contribution is 2.43. The minimum atomic E-state index is -1.90. The van der Waals surface area contributed by atoms with E-state index in [0.717, 1.165) is 89.4 Å². The molecule has 2 fully saturated rings. The van der Waals surface area contributed by atoms with Gasteiger partial charge in [0.15, 0.2) is 18.1 Å². The molecule has 0 spiro atoms. The zero-order valence-corrected chi connectivity index (χ0v) is 60.9. The summed E-state index contributed by atoms with van der Waals surface area (Å²) in [6, 6.07) is 0.871. The fraction of sp³-hybridized carbons (Fsp3) is 0.439. The smallest absolute Gasteiger partial charge is 0.358 e. The number of nitrogens with one attached hydrogen (secondary N) is 5. The zero-order chi connectivity index (χ0) is 72.9. The number of nitrogens with zero attached hydrogens (tertiary/aromatic N) is 10. The van der Waals surface area contributed by atoms with Crippen molar-refractivity contribution >= 4 is 115 Å². The second-order valence-electron chi connectivity index (χ2n) is 25.8. The number of cyclic esters (lactones) is 2. The molecule has 12 bridgehead atoms. The summed E-state index contributed by atoms with van der Waals surface area (Å²) < 4.78 is 38.4. The number of methoxy groups -OCH3 is 1. The summed E-state index contributed by atoms with van der Waals surface area (Å²) in [5, 5.41) is 69.2. The van der Waals surface area contributed by atoms with Crippen molar-refractivity contribution in [1.29, 1.82) is 0 Å².